The smallest absolute Gasteiger partial charge is 0.354 e. The van der Waals surface area contributed by atoms with E-state index in [4.69, 9.17) is 14.7 Å². The zero-order chi connectivity index (χ0) is 22.9. The molecule has 1 aliphatic rings. The number of aromatic amines is 1. The Morgan fingerprint density at radius 2 is 1.97 bits per heavy atom. The van der Waals surface area contributed by atoms with Gasteiger partial charge >= 0.3 is 5.97 Å². The normalized spacial score (nSPS) is 14.2. The van der Waals surface area contributed by atoms with Crippen LogP contribution >= 0.6 is 0 Å². The molecule has 0 saturated carbocycles. The number of H-pyrrole nitrogens is 1. The van der Waals surface area contributed by atoms with E-state index in [0.717, 1.165) is 16.5 Å². The Morgan fingerprint density at radius 1 is 1.15 bits per heavy atom. The maximum atomic E-state index is 11.9. The molecule has 1 saturated heterocycles. The van der Waals surface area contributed by atoms with Gasteiger partial charge in [-0.05, 0) is 24.3 Å². The molecule has 3 aromatic heterocycles. The highest BCUT2D eigenvalue weighted by Crippen LogP contribution is 2.34. The van der Waals surface area contributed by atoms with Gasteiger partial charge in [0.1, 0.15) is 16.7 Å². The number of aliphatic hydroxyl groups is 1. The molecule has 0 amide bonds. The van der Waals surface area contributed by atoms with E-state index in [1.165, 1.54) is 6.07 Å². The number of morpholine rings is 1. The zero-order valence-corrected chi connectivity index (χ0v) is 18.2. The summed E-state index contributed by atoms with van der Waals surface area (Å²) in [5.74, 6) is -0.599. The predicted octanol–water partition coefficient (Wildman–Crippen LogP) is 2.14. The van der Waals surface area contributed by atoms with Crippen molar-refractivity contribution in [3.63, 3.8) is 0 Å². The van der Waals surface area contributed by atoms with Crippen LogP contribution in [0.4, 0.5) is 11.6 Å². The van der Waals surface area contributed by atoms with Crippen LogP contribution in [0.25, 0.3) is 33.2 Å². The van der Waals surface area contributed by atoms with Crippen LogP contribution in [0.3, 0.4) is 0 Å². The number of carboxylic acids is 1. The van der Waals surface area contributed by atoms with Crippen LogP contribution in [-0.2, 0) is 4.74 Å². The minimum Gasteiger partial charge on any atom is -0.477 e. The predicted molar refractivity (Wildman–Crippen MR) is 125 cm³/mol. The number of carboxylic acid groups (broad SMARTS) is 1. The van der Waals surface area contributed by atoms with Crippen LogP contribution in [0.15, 0.2) is 36.5 Å². The molecule has 0 bridgehead atoms. The molecule has 170 valence electrons. The van der Waals surface area contributed by atoms with Gasteiger partial charge in [-0.3, -0.25) is 0 Å². The van der Waals surface area contributed by atoms with E-state index >= 15 is 0 Å². The van der Waals surface area contributed by atoms with Crippen LogP contribution in [0.1, 0.15) is 10.5 Å². The number of aromatic carboxylic acids is 1. The quantitative estimate of drug-likeness (QED) is 0.406. The molecule has 1 aliphatic heterocycles. The molecule has 0 aliphatic carbocycles. The van der Waals surface area contributed by atoms with Gasteiger partial charge in [0.15, 0.2) is 5.69 Å². The highest BCUT2D eigenvalue weighted by atomic mass is 16.5. The fourth-order valence-corrected chi connectivity index (χ4v) is 4.06. The lowest BCUT2D eigenvalue weighted by Gasteiger charge is -2.28. The van der Waals surface area contributed by atoms with E-state index in [2.05, 4.69) is 14.9 Å². The highest BCUT2D eigenvalue weighted by Gasteiger charge is 2.23. The summed E-state index contributed by atoms with van der Waals surface area (Å²) in [6.45, 7) is 2.72. The number of likely N-dealkylation sites (N-methyl/N-ethyl adjacent to an activating group) is 1. The van der Waals surface area contributed by atoms with Crippen molar-refractivity contribution in [3.05, 3.63) is 42.2 Å². The second kappa shape index (κ2) is 8.64. The molecule has 4 heterocycles. The molecular formula is C23H24N6O4. The maximum Gasteiger partial charge on any atom is 0.354 e. The number of hydrogen-bond acceptors (Lipinski definition) is 8. The average molecular weight is 448 g/mol. The van der Waals surface area contributed by atoms with E-state index in [9.17, 15) is 15.0 Å². The number of rotatable bonds is 6. The Bertz CT molecular complexity index is 1330. The maximum absolute atomic E-state index is 11.9. The topological polar surface area (TPSA) is 128 Å². The van der Waals surface area contributed by atoms with E-state index in [0.29, 0.717) is 61.2 Å². The van der Waals surface area contributed by atoms with Crippen molar-refractivity contribution in [1.29, 1.82) is 0 Å². The third-order valence-electron chi connectivity index (χ3n) is 5.81. The van der Waals surface area contributed by atoms with Crippen molar-refractivity contribution in [2.75, 3.05) is 56.3 Å². The number of nitrogens with zero attached hydrogens (tertiary/aromatic N) is 5. The Morgan fingerprint density at radius 3 is 2.73 bits per heavy atom. The van der Waals surface area contributed by atoms with Crippen molar-refractivity contribution in [3.8, 4) is 11.3 Å². The molecule has 4 aromatic rings. The molecule has 0 unspecified atom stereocenters. The van der Waals surface area contributed by atoms with Crippen molar-refractivity contribution in [1.82, 2.24) is 19.9 Å². The molecular weight excluding hydrogens is 424 g/mol. The van der Waals surface area contributed by atoms with E-state index in [1.807, 2.05) is 30.5 Å². The molecule has 3 N–H and O–H groups in total. The summed E-state index contributed by atoms with van der Waals surface area (Å²) in [6, 6.07) is 9.38. The number of pyridine rings is 1. The molecule has 0 spiro atoms. The molecule has 10 nitrogen and oxygen atoms in total. The monoisotopic (exact) mass is 448 g/mol. The molecule has 1 aromatic carbocycles. The van der Waals surface area contributed by atoms with Crippen molar-refractivity contribution in [2.24, 2.45) is 0 Å². The molecule has 1 fully saturated rings. The number of fused-ring (bicyclic) bond motifs is 2. The van der Waals surface area contributed by atoms with Crippen LogP contribution < -0.4 is 9.80 Å². The van der Waals surface area contributed by atoms with E-state index in [1.54, 1.807) is 11.9 Å². The second-order valence-corrected chi connectivity index (χ2v) is 7.93. The van der Waals surface area contributed by atoms with Gasteiger partial charge in [0, 0.05) is 49.3 Å². The standard InChI is InChI=1S/C23H24N6O4/c1-28(6-9-30)18-13-17(22(31)32)25-21-19(15-2-3-16-14(12-15)4-5-24-16)26-23(27-20(18)21)29-7-10-33-11-8-29/h2-5,12-13,24,30H,6-11H2,1H3,(H,31,32). The number of nitrogens with one attached hydrogen (secondary N) is 1. The summed E-state index contributed by atoms with van der Waals surface area (Å²) in [6.07, 6.45) is 1.87. The van der Waals surface area contributed by atoms with Crippen molar-refractivity contribution in [2.45, 2.75) is 0 Å². The highest BCUT2D eigenvalue weighted by molar-refractivity contribution is 6.02. The van der Waals surface area contributed by atoms with Gasteiger partial charge in [0.05, 0.1) is 25.5 Å². The molecule has 33 heavy (non-hydrogen) atoms. The SMILES string of the molecule is CN(CCO)c1cc(C(=O)O)nc2c(-c3ccc4[nH]ccc4c3)nc(N3CCOCC3)nc12. The first-order valence-corrected chi connectivity index (χ1v) is 10.7. The third-order valence-corrected chi connectivity index (χ3v) is 5.81. The first-order chi connectivity index (χ1) is 16.0. The summed E-state index contributed by atoms with van der Waals surface area (Å²) in [5, 5.41) is 20.2. The van der Waals surface area contributed by atoms with Crippen LogP contribution in [0.5, 0.6) is 0 Å². The number of aliphatic hydroxyl groups excluding tert-OH is 1. The van der Waals surface area contributed by atoms with Gasteiger partial charge in [-0.1, -0.05) is 6.07 Å². The Labute approximate surface area is 189 Å². The minimum absolute atomic E-state index is 0.0822. The number of anilines is 2. The summed E-state index contributed by atoms with van der Waals surface area (Å²) >= 11 is 0. The summed E-state index contributed by atoms with van der Waals surface area (Å²) < 4.78 is 5.48. The van der Waals surface area contributed by atoms with E-state index in [-0.39, 0.29) is 12.3 Å². The largest absolute Gasteiger partial charge is 0.477 e. The first kappa shape index (κ1) is 21.1. The number of hydrogen-bond donors (Lipinski definition) is 3. The molecule has 5 rings (SSSR count). The van der Waals surface area contributed by atoms with Gasteiger partial charge in [-0.2, -0.15) is 0 Å². The van der Waals surface area contributed by atoms with Gasteiger partial charge in [-0.15, -0.1) is 0 Å². The number of aromatic nitrogens is 4. The Balaban J connectivity index is 1.80. The Kier molecular flexibility index (Phi) is 5.53. The van der Waals surface area contributed by atoms with Gasteiger partial charge in [0.25, 0.3) is 0 Å². The molecule has 0 radical (unpaired) electrons. The van der Waals surface area contributed by atoms with Gasteiger partial charge < -0.3 is 29.7 Å². The molecule has 10 heteroatoms. The van der Waals surface area contributed by atoms with Crippen molar-refractivity contribution >= 4 is 39.5 Å². The third kappa shape index (κ3) is 3.94. The van der Waals surface area contributed by atoms with Crippen LogP contribution in [-0.4, -0.2) is 82.6 Å². The van der Waals surface area contributed by atoms with Crippen LogP contribution in [0.2, 0.25) is 0 Å². The second-order valence-electron chi connectivity index (χ2n) is 7.93. The minimum atomic E-state index is -1.14. The fraction of sp³-hybridized carbons (Fsp3) is 0.304. The van der Waals surface area contributed by atoms with Crippen LogP contribution in [0, 0.1) is 0 Å². The average Bonchev–Trinajstić information content (AvgIpc) is 3.31. The molecule has 0 atom stereocenters. The fourth-order valence-electron chi connectivity index (χ4n) is 4.06. The summed E-state index contributed by atoms with van der Waals surface area (Å²) in [5.41, 5.74) is 3.79. The first-order valence-electron chi connectivity index (χ1n) is 10.7. The summed E-state index contributed by atoms with van der Waals surface area (Å²) in [4.78, 5) is 33.0. The van der Waals surface area contributed by atoms with E-state index < -0.39 is 5.97 Å². The van der Waals surface area contributed by atoms with Gasteiger partial charge in [0.2, 0.25) is 5.95 Å². The lowest BCUT2D eigenvalue weighted by Crippen LogP contribution is -2.37. The lowest BCUT2D eigenvalue weighted by molar-refractivity contribution is 0.0691. The number of ether oxygens (including phenoxy) is 1. The number of benzene rings is 1. The zero-order valence-electron chi connectivity index (χ0n) is 18.2. The van der Waals surface area contributed by atoms with Crippen molar-refractivity contribution < 1.29 is 19.7 Å². The number of carbonyl (C=O) groups is 1. The summed E-state index contributed by atoms with van der Waals surface area (Å²) in [7, 11) is 1.79. The Hall–Kier alpha value is -3.76. The lowest BCUT2D eigenvalue weighted by atomic mass is 10.1. The van der Waals surface area contributed by atoms with Gasteiger partial charge in [-0.25, -0.2) is 19.7 Å².